The van der Waals surface area contributed by atoms with Gasteiger partial charge in [0.1, 0.15) is 5.82 Å². The largest absolute Gasteiger partial charge is 0.388 e. The maximum atomic E-state index is 9.57. The minimum atomic E-state index is -0.332. The van der Waals surface area contributed by atoms with Gasteiger partial charge in [-0.2, -0.15) is 0 Å². The van der Waals surface area contributed by atoms with Gasteiger partial charge in [0.15, 0.2) is 0 Å². The van der Waals surface area contributed by atoms with Crippen LogP contribution in [0.4, 0.5) is 5.82 Å². The molecule has 3 heteroatoms. The number of fused-ring (bicyclic) bond motifs is 1. The number of aromatic nitrogens is 1. The molecule has 1 atom stereocenters. The minimum absolute atomic E-state index is 0.332. The van der Waals surface area contributed by atoms with Crippen LogP contribution in [0.2, 0.25) is 0 Å². The number of rotatable bonds is 0. The van der Waals surface area contributed by atoms with Gasteiger partial charge in [-0.05, 0) is 25.3 Å². The molecular formula is C9H12N2O. The summed E-state index contributed by atoms with van der Waals surface area (Å²) in [6.07, 6.45) is 2.46. The molecule has 12 heavy (non-hydrogen) atoms. The lowest BCUT2D eigenvalue weighted by Crippen LogP contribution is -2.11. The Bertz CT molecular complexity index is 299. The Morgan fingerprint density at radius 3 is 3.17 bits per heavy atom. The third-order valence-electron chi connectivity index (χ3n) is 2.28. The van der Waals surface area contributed by atoms with Gasteiger partial charge < -0.3 is 10.8 Å². The van der Waals surface area contributed by atoms with E-state index < -0.39 is 0 Å². The fourth-order valence-corrected chi connectivity index (χ4v) is 1.65. The molecule has 0 saturated heterocycles. The Hall–Kier alpha value is -1.09. The lowest BCUT2D eigenvalue weighted by Gasteiger charge is -2.19. The van der Waals surface area contributed by atoms with Crippen molar-refractivity contribution in [3.63, 3.8) is 0 Å². The number of aliphatic hydroxyl groups is 1. The van der Waals surface area contributed by atoms with Crippen LogP contribution in [0.15, 0.2) is 12.1 Å². The van der Waals surface area contributed by atoms with Crippen LogP contribution < -0.4 is 5.73 Å². The van der Waals surface area contributed by atoms with Crippen LogP contribution in [0.3, 0.4) is 0 Å². The first-order valence-corrected chi connectivity index (χ1v) is 4.21. The monoisotopic (exact) mass is 164 g/mol. The second-order valence-electron chi connectivity index (χ2n) is 3.18. The highest BCUT2D eigenvalue weighted by Crippen LogP contribution is 2.28. The summed E-state index contributed by atoms with van der Waals surface area (Å²) in [6.45, 7) is 0. The summed E-state index contributed by atoms with van der Waals surface area (Å²) in [6, 6.07) is 3.62. The van der Waals surface area contributed by atoms with Gasteiger partial charge in [0.2, 0.25) is 0 Å². The predicted molar refractivity (Wildman–Crippen MR) is 46.5 cm³/mol. The Balaban J connectivity index is 2.46. The molecule has 0 aromatic carbocycles. The van der Waals surface area contributed by atoms with Crippen molar-refractivity contribution in [2.75, 3.05) is 5.73 Å². The van der Waals surface area contributed by atoms with Crippen molar-refractivity contribution in [3.05, 3.63) is 23.4 Å². The molecule has 3 N–H and O–H groups in total. The third-order valence-corrected chi connectivity index (χ3v) is 2.28. The summed E-state index contributed by atoms with van der Waals surface area (Å²) in [7, 11) is 0. The standard InChI is InChI=1S/C9H12N2O/c10-9-5-4-6-7(11-9)2-1-3-8(6)12/h4-5,8,12H,1-3H2,(H2,10,11)/t8-/m0/s1. The minimum Gasteiger partial charge on any atom is -0.388 e. The zero-order chi connectivity index (χ0) is 8.55. The summed E-state index contributed by atoms with van der Waals surface area (Å²) in [5.74, 6) is 0.544. The molecule has 0 fully saturated rings. The number of hydrogen-bond donors (Lipinski definition) is 2. The molecular weight excluding hydrogens is 152 g/mol. The van der Waals surface area contributed by atoms with Crippen molar-refractivity contribution >= 4 is 5.82 Å². The summed E-state index contributed by atoms with van der Waals surface area (Å²) in [4.78, 5) is 4.18. The first-order valence-electron chi connectivity index (χ1n) is 4.21. The van der Waals surface area contributed by atoms with Crippen molar-refractivity contribution in [1.29, 1.82) is 0 Å². The Kier molecular flexibility index (Phi) is 1.73. The highest BCUT2D eigenvalue weighted by molar-refractivity contribution is 5.36. The Morgan fingerprint density at radius 2 is 2.33 bits per heavy atom. The molecule has 0 unspecified atom stereocenters. The number of pyridine rings is 1. The molecule has 64 valence electrons. The lowest BCUT2D eigenvalue weighted by atomic mass is 9.93. The molecule has 0 amide bonds. The van der Waals surface area contributed by atoms with Gasteiger partial charge in [-0.15, -0.1) is 0 Å². The predicted octanol–water partition coefficient (Wildman–Crippen LogP) is 1.03. The van der Waals surface area contributed by atoms with Crippen LogP contribution in [0.25, 0.3) is 0 Å². The van der Waals surface area contributed by atoms with Crippen LogP contribution in [-0.2, 0) is 6.42 Å². The molecule has 2 rings (SSSR count). The summed E-state index contributed by atoms with van der Waals surface area (Å²) in [5.41, 5.74) is 7.46. The highest BCUT2D eigenvalue weighted by atomic mass is 16.3. The second-order valence-corrected chi connectivity index (χ2v) is 3.18. The molecule has 0 spiro atoms. The molecule has 1 aliphatic carbocycles. The van der Waals surface area contributed by atoms with Crippen LogP contribution in [0.5, 0.6) is 0 Å². The van der Waals surface area contributed by atoms with E-state index in [4.69, 9.17) is 5.73 Å². The van der Waals surface area contributed by atoms with E-state index in [2.05, 4.69) is 4.98 Å². The van der Waals surface area contributed by atoms with Gasteiger partial charge in [-0.25, -0.2) is 4.98 Å². The summed E-state index contributed by atoms with van der Waals surface area (Å²) < 4.78 is 0. The average molecular weight is 164 g/mol. The summed E-state index contributed by atoms with van der Waals surface area (Å²) in [5, 5.41) is 9.57. The van der Waals surface area contributed by atoms with Crippen LogP contribution in [0.1, 0.15) is 30.2 Å². The quantitative estimate of drug-likeness (QED) is 0.602. The zero-order valence-electron chi connectivity index (χ0n) is 6.83. The van der Waals surface area contributed by atoms with E-state index in [0.29, 0.717) is 5.82 Å². The number of nitrogens with zero attached hydrogens (tertiary/aromatic N) is 1. The number of nitrogens with two attached hydrogens (primary N) is 1. The maximum absolute atomic E-state index is 9.57. The number of hydrogen-bond acceptors (Lipinski definition) is 3. The van der Waals surface area contributed by atoms with Gasteiger partial charge in [0.05, 0.1) is 6.10 Å². The Labute approximate surface area is 71.2 Å². The topological polar surface area (TPSA) is 59.1 Å². The SMILES string of the molecule is Nc1ccc2c(n1)CCC[C@@H]2O. The molecule has 1 aromatic rings. The zero-order valence-corrected chi connectivity index (χ0v) is 6.83. The van der Waals surface area contributed by atoms with E-state index >= 15 is 0 Å². The van der Waals surface area contributed by atoms with Crippen LogP contribution >= 0.6 is 0 Å². The highest BCUT2D eigenvalue weighted by Gasteiger charge is 2.18. The fourth-order valence-electron chi connectivity index (χ4n) is 1.65. The molecule has 1 aromatic heterocycles. The smallest absolute Gasteiger partial charge is 0.123 e. The van der Waals surface area contributed by atoms with Crippen molar-refractivity contribution < 1.29 is 5.11 Å². The van der Waals surface area contributed by atoms with Crippen molar-refractivity contribution in [3.8, 4) is 0 Å². The van der Waals surface area contributed by atoms with Crippen molar-refractivity contribution in [1.82, 2.24) is 4.98 Å². The normalized spacial score (nSPS) is 21.9. The average Bonchev–Trinajstić information content (AvgIpc) is 2.04. The van der Waals surface area contributed by atoms with E-state index in [-0.39, 0.29) is 6.10 Å². The fraction of sp³-hybridized carbons (Fsp3) is 0.444. The molecule has 0 radical (unpaired) electrons. The van der Waals surface area contributed by atoms with Crippen LogP contribution in [0, 0.1) is 0 Å². The molecule has 0 bridgehead atoms. The molecule has 1 aliphatic rings. The van der Waals surface area contributed by atoms with Crippen molar-refractivity contribution in [2.45, 2.75) is 25.4 Å². The third kappa shape index (κ3) is 1.16. The number of aryl methyl sites for hydroxylation is 1. The molecule has 1 heterocycles. The van der Waals surface area contributed by atoms with Crippen LogP contribution in [-0.4, -0.2) is 10.1 Å². The lowest BCUT2D eigenvalue weighted by molar-refractivity contribution is 0.155. The van der Waals surface area contributed by atoms with E-state index in [9.17, 15) is 5.11 Å². The molecule has 0 saturated carbocycles. The summed E-state index contributed by atoms with van der Waals surface area (Å²) >= 11 is 0. The molecule has 3 nitrogen and oxygen atoms in total. The van der Waals surface area contributed by atoms with E-state index in [1.54, 1.807) is 6.07 Å². The van der Waals surface area contributed by atoms with Gasteiger partial charge in [0, 0.05) is 11.3 Å². The first-order chi connectivity index (χ1) is 5.77. The Morgan fingerprint density at radius 1 is 1.50 bits per heavy atom. The number of nitrogen functional groups attached to an aromatic ring is 1. The van der Waals surface area contributed by atoms with Crippen molar-refractivity contribution in [2.24, 2.45) is 0 Å². The van der Waals surface area contributed by atoms with E-state index in [1.165, 1.54) is 0 Å². The molecule has 0 aliphatic heterocycles. The number of aliphatic hydroxyl groups excluding tert-OH is 1. The van der Waals surface area contributed by atoms with Gasteiger partial charge in [0.25, 0.3) is 0 Å². The van der Waals surface area contributed by atoms with E-state index in [1.807, 2.05) is 6.07 Å². The maximum Gasteiger partial charge on any atom is 0.123 e. The number of anilines is 1. The van der Waals surface area contributed by atoms with Gasteiger partial charge in [-0.1, -0.05) is 6.07 Å². The first kappa shape index (κ1) is 7.55. The van der Waals surface area contributed by atoms with Gasteiger partial charge in [-0.3, -0.25) is 0 Å². The van der Waals surface area contributed by atoms with E-state index in [0.717, 1.165) is 30.5 Å². The van der Waals surface area contributed by atoms with Gasteiger partial charge >= 0.3 is 0 Å². The second kappa shape index (κ2) is 2.75.